The molecule has 0 radical (unpaired) electrons. The van der Waals surface area contributed by atoms with Crippen LogP contribution in [0.4, 0.5) is 13.2 Å². The van der Waals surface area contributed by atoms with Crippen LogP contribution < -0.4 is 10.1 Å². The summed E-state index contributed by atoms with van der Waals surface area (Å²) < 4.78 is 56.7. The Morgan fingerprint density at radius 3 is 2.66 bits per heavy atom. The third-order valence-electron chi connectivity index (χ3n) is 5.95. The number of carboxylic acid groups (broad SMARTS) is 1. The highest BCUT2D eigenvalue weighted by atomic mass is 19.4. The lowest BCUT2D eigenvalue weighted by Gasteiger charge is -2.29. The molecule has 192 valence electrons. The first kappa shape index (κ1) is 26.5. The fourth-order valence-corrected chi connectivity index (χ4v) is 4.07. The van der Waals surface area contributed by atoms with Crippen LogP contribution in [0.15, 0.2) is 28.7 Å². The monoisotopic (exact) mass is 498 g/mol. The molecule has 0 bridgehead atoms. The van der Waals surface area contributed by atoms with Crippen LogP contribution in [0.1, 0.15) is 51.0 Å². The first-order valence-electron chi connectivity index (χ1n) is 11.4. The van der Waals surface area contributed by atoms with Crippen molar-refractivity contribution in [2.24, 2.45) is 11.8 Å². The number of ether oxygens (including phenoxy) is 2. The number of oxazole rings is 1. The number of aliphatic carboxylic acids is 1. The van der Waals surface area contributed by atoms with Crippen molar-refractivity contribution in [1.82, 2.24) is 10.3 Å². The molecule has 0 saturated heterocycles. The minimum atomic E-state index is -4.76. The number of carbonyl (C=O) groups is 2. The molecule has 1 saturated carbocycles. The highest BCUT2D eigenvalue weighted by molar-refractivity contribution is 5.85. The Bertz CT molecular complexity index is 1040. The Kier molecular flexibility index (Phi) is 8.42. The minimum Gasteiger partial charge on any atom is -0.497 e. The van der Waals surface area contributed by atoms with E-state index in [1.165, 1.54) is 13.2 Å². The molecule has 8 nitrogen and oxygen atoms in total. The van der Waals surface area contributed by atoms with Gasteiger partial charge in [-0.05, 0) is 43.4 Å². The quantitative estimate of drug-likeness (QED) is 0.517. The molecule has 1 aliphatic carbocycles. The number of alkyl halides is 3. The summed E-state index contributed by atoms with van der Waals surface area (Å²) in [5, 5.41) is 11.9. The zero-order valence-corrected chi connectivity index (χ0v) is 19.7. The summed E-state index contributed by atoms with van der Waals surface area (Å²) in [6.07, 6.45) is -3.22. The lowest BCUT2D eigenvalue weighted by atomic mass is 9.86. The molecule has 11 heteroatoms. The summed E-state index contributed by atoms with van der Waals surface area (Å²) in [5.74, 6) is -3.28. The van der Waals surface area contributed by atoms with Crippen molar-refractivity contribution in [2.45, 2.75) is 64.5 Å². The van der Waals surface area contributed by atoms with Crippen LogP contribution >= 0.6 is 0 Å². The van der Waals surface area contributed by atoms with Gasteiger partial charge in [0.15, 0.2) is 0 Å². The second-order valence-corrected chi connectivity index (χ2v) is 8.89. The number of nitrogens with one attached hydrogen (secondary N) is 1. The van der Waals surface area contributed by atoms with Crippen LogP contribution in [0.5, 0.6) is 5.75 Å². The van der Waals surface area contributed by atoms with Crippen LogP contribution in [0.25, 0.3) is 11.5 Å². The number of nitrogens with zero attached hydrogens (tertiary/aromatic N) is 1. The van der Waals surface area contributed by atoms with Crippen LogP contribution in [0.3, 0.4) is 0 Å². The van der Waals surface area contributed by atoms with Gasteiger partial charge >= 0.3 is 12.1 Å². The van der Waals surface area contributed by atoms with E-state index in [4.69, 9.17) is 13.9 Å². The Labute approximate surface area is 200 Å². The maximum absolute atomic E-state index is 13.6. The Morgan fingerprint density at radius 1 is 1.29 bits per heavy atom. The summed E-state index contributed by atoms with van der Waals surface area (Å²) in [4.78, 5) is 28.0. The smallest absolute Gasteiger partial charge is 0.451 e. The highest BCUT2D eigenvalue weighted by Crippen LogP contribution is 2.37. The van der Waals surface area contributed by atoms with E-state index < -0.39 is 48.5 Å². The summed E-state index contributed by atoms with van der Waals surface area (Å²) in [5.41, 5.74) is -0.0544. The topological polar surface area (TPSA) is 111 Å². The second-order valence-electron chi connectivity index (χ2n) is 8.89. The molecule has 3 atom stereocenters. The molecule has 1 amide bonds. The SMILES string of the molecule is COc1cccc(-c2nc(CO[C@H]3CCC[C@@H](C(=O)NC(C(=O)O)C(C)C)C3)c(C(F)(F)F)o2)c1. The zero-order valence-electron chi connectivity index (χ0n) is 19.7. The van der Waals surface area contributed by atoms with E-state index in [-0.39, 0.29) is 23.9 Å². The normalized spacial score (nSPS) is 19.4. The van der Waals surface area contributed by atoms with Gasteiger partial charge < -0.3 is 24.3 Å². The van der Waals surface area contributed by atoms with Crippen molar-refractivity contribution in [2.75, 3.05) is 7.11 Å². The van der Waals surface area contributed by atoms with Gasteiger partial charge in [0, 0.05) is 11.5 Å². The van der Waals surface area contributed by atoms with E-state index in [9.17, 15) is 27.9 Å². The third kappa shape index (κ3) is 6.74. The van der Waals surface area contributed by atoms with Crippen LogP contribution in [-0.2, 0) is 27.1 Å². The van der Waals surface area contributed by atoms with Gasteiger partial charge in [0.2, 0.25) is 17.6 Å². The molecule has 0 aliphatic heterocycles. The van der Waals surface area contributed by atoms with Gasteiger partial charge in [-0.1, -0.05) is 26.3 Å². The zero-order chi connectivity index (χ0) is 25.8. The molecule has 1 aromatic carbocycles. The van der Waals surface area contributed by atoms with Crippen LogP contribution in [0, 0.1) is 11.8 Å². The minimum absolute atomic E-state index is 0.205. The van der Waals surface area contributed by atoms with E-state index in [1.54, 1.807) is 32.0 Å². The van der Waals surface area contributed by atoms with Crippen molar-refractivity contribution in [3.05, 3.63) is 35.7 Å². The Hall–Kier alpha value is -3.08. The van der Waals surface area contributed by atoms with Gasteiger partial charge in [0.1, 0.15) is 17.5 Å². The maximum atomic E-state index is 13.6. The number of benzene rings is 1. The number of aromatic nitrogens is 1. The first-order chi connectivity index (χ1) is 16.5. The van der Waals surface area contributed by atoms with Gasteiger partial charge in [0.05, 0.1) is 19.8 Å². The van der Waals surface area contributed by atoms with E-state index >= 15 is 0 Å². The molecule has 1 unspecified atom stereocenters. The molecular formula is C24H29F3N2O6. The average molecular weight is 498 g/mol. The van der Waals surface area contributed by atoms with E-state index in [0.29, 0.717) is 30.6 Å². The van der Waals surface area contributed by atoms with Crippen molar-refractivity contribution in [3.63, 3.8) is 0 Å². The maximum Gasteiger partial charge on any atom is 0.451 e. The summed E-state index contributed by atoms with van der Waals surface area (Å²) in [6, 6.07) is 5.33. The van der Waals surface area contributed by atoms with Crippen molar-refractivity contribution in [3.8, 4) is 17.2 Å². The number of halogens is 3. The van der Waals surface area contributed by atoms with Crippen LogP contribution in [0.2, 0.25) is 0 Å². The van der Waals surface area contributed by atoms with Crippen LogP contribution in [-0.4, -0.2) is 41.2 Å². The fourth-order valence-electron chi connectivity index (χ4n) is 4.07. The number of carbonyl (C=O) groups excluding carboxylic acids is 1. The lowest BCUT2D eigenvalue weighted by molar-refractivity contribution is -0.154. The highest BCUT2D eigenvalue weighted by Gasteiger charge is 2.40. The molecule has 3 rings (SSSR count). The molecule has 1 heterocycles. The molecule has 35 heavy (non-hydrogen) atoms. The molecule has 1 aliphatic rings. The van der Waals surface area contributed by atoms with Gasteiger partial charge in [-0.15, -0.1) is 0 Å². The van der Waals surface area contributed by atoms with Crippen molar-refractivity contribution in [1.29, 1.82) is 0 Å². The number of hydrogen-bond donors (Lipinski definition) is 2. The van der Waals surface area contributed by atoms with Gasteiger partial charge in [-0.2, -0.15) is 13.2 Å². The summed E-state index contributed by atoms with van der Waals surface area (Å²) in [7, 11) is 1.44. The van der Waals surface area contributed by atoms with Crippen molar-refractivity contribution >= 4 is 11.9 Å². The predicted octanol–water partition coefficient (Wildman–Crippen LogP) is 4.67. The Balaban J connectivity index is 1.69. The summed E-state index contributed by atoms with van der Waals surface area (Å²) in [6.45, 7) is 2.95. The van der Waals surface area contributed by atoms with Gasteiger partial charge in [0.25, 0.3) is 0 Å². The van der Waals surface area contributed by atoms with E-state index in [0.717, 1.165) is 0 Å². The largest absolute Gasteiger partial charge is 0.497 e. The molecule has 1 aromatic heterocycles. The molecule has 0 spiro atoms. The number of methoxy groups -OCH3 is 1. The van der Waals surface area contributed by atoms with Gasteiger partial charge in [-0.3, -0.25) is 4.79 Å². The van der Waals surface area contributed by atoms with E-state index in [2.05, 4.69) is 10.3 Å². The predicted molar refractivity (Wildman–Crippen MR) is 118 cm³/mol. The van der Waals surface area contributed by atoms with E-state index in [1.807, 2.05) is 0 Å². The molecule has 1 fully saturated rings. The first-order valence-corrected chi connectivity index (χ1v) is 11.4. The standard InChI is InChI=1S/C24H29F3N2O6/c1-13(2)19(23(31)32)29-21(30)14-6-4-9-17(10-14)34-12-18-20(24(25,26)27)35-22(28-18)15-7-5-8-16(11-15)33-3/h5,7-8,11,13-14,17,19H,4,6,9-10,12H2,1-3H3,(H,29,30)(H,31,32)/t14-,17+,19?/m1/s1. The number of amides is 1. The Morgan fingerprint density at radius 2 is 2.03 bits per heavy atom. The van der Waals surface area contributed by atoms with Gasteiger partial charge in [-0.25, -0.2) is 9.78 Å². The second kappa shape index (κ2) is 11.1. The lowest BCUT2D eigenvalue weighted by Crippen LogP contribution is -2.47. The molecule has 2 N–H and O–H groups in total. The average Bonchev–Trinajstić information content (AvgIpc) is 3.26. The number of carboxylic acids is 1. The fraction of sp³-hybridized carbons (Fsp3) is 0.542. The number of rotatable bonds is 9. The third-order valence-corrected chi connectivity index (χ3v) is 5.95. The summed E-state index contributed by atoms with van der Waals surface area (Å²) >= 11 is 0. The molecular weight excluding hydrogens is 469 g/mol. The van der Waals surface area contributed by atoms with Crippen molar-refractivity contribution < 1.29 is 41.8 Å². The number of hydrogen-bond acceptors (Lipinski definition) is 6. The molecule has 2 aromatic rings.